The summed E-state index contributed by atoms with van der Waals surface area (Å²) in [6.45, 7) is 0.289. The number of aryl methyl sites for hydroxylation is 1. The Morgan fingerprint density at radius 2 is 1.96 bits per heavy atom. The summed E-state index contributed by atoms with van der Waals surface area (Å²) in [6.07, 6.45) is 2.78. The minimum absolute atomic E-state index is 0.158. The number of halogens is 1. The summed E-state index contributed by atoms with van der Waals surface area (Å²) in [4.78, 5) is 12.1. The lowest BCUT2D eigenvalue weighted by Gasteiger charge is -2.29. The third kappa shape index (κ3) is 4.47. The SMILES string of the molecule is CS(=O)(=O)N1CCCc2ccc(NC(=O)COc3ccc(Cl)cc3)cc21. The summed E-state index contributed by atoms with van der Waals surface area (Å²) in [5.41, 5.74) is 2.11. The molecule has 0 unspecified atom stereocenters. The maximum atomic E-state index is 12.1. The van der Waals surface area contributed by atoms with E-state index in [-0.39, 0.29) is 12.5 Å². The number of carbonyl (C=O) groups excluding carboxylic acids is 1. The molecule has 3 rings (SSSR count). The van der Waals surface area contributed by atoms with Crippen LogP contribution in [0.2, 0.25) is 5.02 Å². The number of hydrogen-bond acceptors (Lipinski definition) is 4. The van der Waals surface area contributed by atoms with Gasteiger partial charge in [-0.25, -0.2) is 8.42 Å². The molecule has 2 aromatic rings. The lowest BCUT2D eigenvalue weighted by Crippen LogP contribution is -2.34. The number of carbonyl (C=O) groups is 1. The number of rotatable bonds is 5. The van der Waals surface area contributed by atoms with Gasteiger partial charge in [-0.1, -0.05) is 17.7 Å². The zero-order valence-electron chi connectivity index (χ0n) is 14.2. The molecule has 0 saturated heterocycles. The smallest absolute Gasteiger partial charge is 0.262 e. The van der Waals surface area contributed by atoms with E-state index in [1.54, 1.807) is 36.4 Å². The molecule has 0 spiro atoms. The number of amides is 1. The third-order valence-corrected chi connectivity index (χ3v) is 5.46. The van der Waals surface area contributed by atoms with Gasteiger partial charge in [-0.3, -0.25) is 9.10 Å². The zero-order chi connectivity index (χ0) is 18.7. The van der Waals surface area contributed by atoms with Gasteiger partial charge in [-0.2, -0.15) is 0 Å². The van der Waals surface area contributed by atoms with E-state index in [0.29, 0.717) is 28.7 Å². The molecule has 1 N–H and O–H groups in total. The van der Waals surface area contributed by atoms with E-state index in [4.69, 9.17) is 16.3 Å². The lowest BCUT2D eigenvalue weighted by molar-refractivity contribution is -0.118. The molecular weight excluding hydrogens is 376 g/mol. The second-order valence-electron chi connectivity index (χ2n) is 6.07. The summed E-state index contributed by atoms with van der Waals surface area (Å²) in [7, 11) is -3.35. The Morgan fingerprint density at radius 3 is 2.65 bits per heavy atom. The average molecular weight is 395 g/mol. The molecule has 1 heterocycles. The minimum Gasteiger partial charge on any atom is -0.484 e. The predicted molar refractivity (Wildman–Crippen MR) is 103 cm³/mol. The van der Waals surface area contributed by atoms with Crippen LogP contribution in [-0.4, -0.2) is 33.7 Å². The minimum atomic E-state index is -3.35. The maximum absolute atomic E-state index is 12.1. The molecule has 2 aromatic carbocycles. The molecule has 0 atom stereocenters. The van der Waals surface area contributed by atoms with Gasteiger partial charge in [0.05, 0.1) is 11.9 Å². The van der Waals surface area contributed by atoms with Gasteiger partial charge in [0.25, 0.3) is 5.91 Å². The van der Waals surface area contributed by atoms with Crippen LogP contribution in [0.15, 0.2) is 42.5 Å². The largest absolute Gasteiger partial charge is 0.484 e. The second-order valence-corrected chi connectivity index (χ2v) is 8.42. The van der Waals surface area contributed by atoms with Crippen molar-refractivity contribution < 1.29 is 17.9 Å². The summed E-state index contributed by atoms with van der Waals surface area (Å²) in [6, 6.07) is 12.0. The molecule has 0 saturated carbocycles. The first kappa shape index (κ1) is 18.5. The molecule has 0 bridgehead atoms. The predicted octanol–water partition coefficient (Wildman–Crippen LogP) is 3.07. The Hall–Kier alpha value is -2.25. The topological polar surface area (TPSA) is 75.7 Å². The number of benzene rings is 2. The van der Waals surface area contributed by atoms with Crippen molar-refractivity contribution in [2.45, 2.75) is 12.8 Å². The number of nitrogens with zero attached hydrogens (tertiary/aromatic N) is 1. The van der Waals surface area contributed by atoms with E-state index in [2.05, 4.69) is 5.32 Å². The van der Waals surface area contributed by atoms with Crippen molar-refractivity contribution in [2.24, 2.45) is 0 Å². The van der Waals surface area contributed by atoms with Crippen molar-refractivity contribution in [1.82, 2.24) is 0 Å². The summed E-state index contributed by atoms with van der Waals surface area (Å²) in [5, 5.41) is 3.32. The lowest BCUT2D eigenvalue weighted by atomic mass is 10.0. The Labute approximate surface area is 157 Å². The number of fused-ring (bicyclic) bond motifs is 1. The van der Waals surface area contributed by atoms with E-state index in [1.165, 1.54) is 10.6 Å². The van der Waals surface area contributed by atoms with Crippen LogP contribution >= 0.6 is 11.6 Å². The molecule has 1 aliphatic heterocycles. The molecular formula is C18H19ClN2O4S. The third-order valence-electron chi connectivity index (χ3n) is 4.03. The van der Waals surface area contributed by atoms with Gasteiger partial charge in [0.15, 0.2) is 6.61 Å². The van der Waals surface area contributed by atoms with Crippen LogP contribution in [0.5, 0.6) is 5.75 Å². The standard InChI is InChI=1S/C18H19ClN2O4S/c1-26(23,24)21-10-2-3-13-4-7-15(11-17(13)21)20-18(22)12-25-16-8-5-14(19)6-9-16/h4-9,11H,2-3,10,12H2,1H3,(H,20,22). The first-order valence-corrected chi connectivity index (χ1v) is 10.3. The van der Waals surface area contributed by atoms with Crippen LogP contribution in [0.4, 0.5) is 11.4 Å². The number of sulfonamides is 1. The molecule has 0 fully saturated rings. The molecule has 0 aromatic heterocycles. The van der Waals surface area contributed by atoms with Crippen molar-refractivity contribution in [2.75, 3.05) is 29.0 Å². The van der Waals surface area contributed by atoms with Crippen molar-refractivity contribution >= 4 is 38.9 Å². The Balaban J connectivity index is 1.68. The van der Waals surface area contributed by atoms with Gasteiger partial charge >= 0.3 is 0 Å². The molecule has 6 nitrogen and oxygen atoms in total. The van der Waals surface area contributed by atoms with Gasteiger partial charge in [-0.15, -0.1) is 0 Å². The first-order valence-electron chi connectivity index (χ1n) is 8.12. The molecule has 1 aliphatic rings. The molecule has 0 radical (unpaired) electrons. The van der Waals surface area contributed by atoms with Gasteiger partial charge in [0, 0.05) is 17.3 Å². The fourth-order valence-corrected chi connectivity index (χ4v) is 3.95. The van der Waals surface area contributed by atoms with Crippen molar-refractivity contribution in [3.05, 3.63) is 53.1 Å². The van der Waals surface area contributed by atoms with E-state index in [1.807, 2.05) is 6.07 Å². The second kappa shape index (κ2) is 7.55. The number of nitrogens with one attached hydrogen (secondary N) is 1. The molecule has 138 valence electrons. The molecule has 26 heavy (non-hydrogen) atoms. The summed E-state index contributed by atoms with van der Waals surface area (Å²) in [5.74, 6) is 0.208. The van der Waals surface area contributed by atoms with Crippen LogP contribution in [0.1, 0.15) is 12.0 Å². The number of hydrogen-bond donors (Lipinski definition) is 1. The van der Waals surface area contributed by atoms with Crippen molar-refractivity contribution in [3.63, 3.8) is 0 Å². The van der Waals surface area contributed by atoms with E-state index >= 15 is 0 Å². The monoisotopic (exact) mass is 394 g/mol. The molecule has 1 amide bonds. The van der Waals surface area contributed by atoms with Gasteiger partial charge in [-0.05, 0) is 54.8 Å². The summed E-state index contributed by atoms with van der Waals surface area (Å²) >= 11 is 5.80. The summed E-state index contributed by atoms with van der Waals surface area (Å²) < 4.78 is 30.7. The van der Waals surface area contributed by atoms with Crippen molar-refractivity contribution in [3.8, 4) is 5.75 Å². The van der Waals surface area contributed by atoms with E-state index in [0.717, 1.165) is 18.4 Å². The Kier molecular flexibility index (Phi) is 5.38. The zero-order valence-corrected chi connectivity index (χ0v) is 15.8. The Morgan fingerprint density at radius 1 is 1.23 bits per heavy atom. The fourth-order valence-electron chi connectivity index (χ4n) is 2.84. The maximum Gasteiger partial charge on any atom is 0.262 e. The molecule has 8 heteroatoms. The highest BCUT2D eigenvalue weighted by molar-refractivity contribution is 7.92. The van der Waals surface area contributed by atoms with Gasteiger partial charge in [0.1, 0.15) is 5.75 Å². The number of ether oxygens (including phenoxy) is 1. The Bertz CT molecular complexity index is 913. The fraction of sp³-hybridized carbons (Fsp3) is 0.278. The highest BCUT2D eigenvalue weighted by atomic mass is 35.5. The molecule has 0 aliphatic carbocycles. The van der Waals surface area contributed by atoms with Crippen LogP contribution in [0.25, 0.3) is 0 Å². The van der Waals surface area contributed by atoms with Crippen LogP contribution in [0.3, 0.4) is 0 Å². The average Bonchev–Trinajstić information content (AvgIpc) is 2.60. The highest BCUT2D eigenvalue weighted by Gasteiger charge is 2.24. The van der Waals surface area contributed by atoms with Crippen molar-refractivity contribution in [1.29, 1.82) is 0 Å². The first-order chi connectivity index (χ1) is 12.3. The van der Waals surface area contributed by atoms with Crippen LogP contribution in [-0.2, 0) is 21.2 Å². The number of anilines is 2. The van der Waals surface area contributed by atoms with Crippen LogP contribution < -0.4 is 14.4 Å². The van der Waals surface area contributed by atoms with Gasteiger partial charge < -0.3 is 10.1 Å². The normalized spacial score (nSPS) is 13.8. The van der Waals surface area contributed by atoms with Gasteiger partial charge in [0.2, 0.25) is 10.0 Å². The highest BCUT2D eigenvalue weighted by Crippen LogP contribution is 2.31. The van der Waals surface area contributed by atoms with E-state index < -0.39 is 10.0 Å². The van der Waals surface area contributed by atoms with E-state index in [9.17, 15) is 13.2 Å². The van der Waals surface area contributed by atoms with Crippen LogP contribution in [0, 0.1) is 0 Å². The quantitative estimate of drug-likeness (QED) is 0.845.